The van der Waals surface area contributed by atoms with E-state index in [0.717, 1.165) is 17.8 Å². The van der Waals surface area contributed by atoms with Crippen molar-refractivity contribution in [2.24, 2.45) is 5.84 Å². The quantitative estimate of drug-likeness (QED) is 0.675. The average molecular weight is 296 g/mol. The van der Waals surface area contributed by atoms with Crippen LogP contribution in [0.5, 0.6) is 0 Å². The van der Waals surface area contributed by atoms with Gasteiger partial charge in [0.1, 0.15) is 0 Å². The summed E-state index contributed by atoms with van der Waals surface area (Å²) in [4.78, 5) is 8.33. The predicted molar refractivity (Wildman–Crippen MR) is 72.1 cm³/mol. The van der Waals surface area contributed by atoms with Crippen molar-refractivity contribution >= 4 is 0 Å². The Kier molecular flexibility index (Phi) is 4.24. The van der Waals surface area contributed by atoms with Crippen LogP contribution in [0.1, 0.15) is 34.1 Å². The molecule has 4 nitrogen and oxygen atoms in total. The van der Waals surface area contributed by atoms with Crippen molar-refractivity contribution in [1.82, 2.24) is 15.4 Å². The van der Waals surface area contributed by atoms with Crippen LogP contribution in [-0.2, 0) is 6.18 Å². The molecule has 112 valence electrons. The van der Waals surface area contributed by atoms with Crippen LogP contribution >= 0.6 is 0 Å². The van der Waals surface area contributed by atoms with Crippen LogP contribution in [0.2, 0.25) is 0 Å². The summed E-state index contributed by atoms with van der Waals surface area (Å²) < 4.78 is 38.1. The number of hydrogen-bond donors (Lipinski definition) is 2. The molecule has 7 heteroatoms. The molecule has 1 unspecified atom stereocenters. The topological polar surface area (TPSA) is 63.8 Å². The highest BCUT2D eigenvalue weighted by atomic mass is 19.4. The van der Waals surface area contributed by atoms with Gasteiger partial charge < -0.3 is 0 Å². The van der Waals surface area contributed by atoms with Crippen molar-refractivity contribution in [2.45, 2.75) is 26.1 Å². The van der Waals surface area contributed by atoms with Crippen molar-refractivity contribution in [1.29, 1.82) is 0 Å². The summed E-state index contributed by atoms with van der Waals surface area (Å²) in [5.74, 6) is 5.53. The summed E-state index contributed by atoms with van der Waals surface area (Å²) in [5.41, 5.74) is 4.29. The Labute approximate surface area is 120 Å². The van der Waals surface area contributed by atoms with Gasteiger partial charge in [-0.3, -0.25) is 15.8 Å². The molecule has 0 bridgehead atoms. The van der Waals surface area contributed by atoms with E-state index in [9.17, 15) is 13.2 Å². The number of nitrogens with one attached hydrogen (secondary N) is 1. The maximum absolute atomic E-state index is 12.7. The fourth-order valence-corrected chi connectivity index (χ4v) is 2.06. The minimum absolute atomic E-state index is 0.482. The zero-order valence-corrected chi connectivity index (χ0v) is 11.6. The SMILES string of the molecule is Cc1cnc(C(NN)c2ccc(C(F)(F)F)cc2C)cn1. The Morgan fingerprint density at radius 3 is 2.33 bits per heavy atom. The summed E-state index contributed by atoms with van der Waals surface area (Å²) in [7, 11) is 0. The molecule has 0 aliphatic heterocycles. The first-order valence-electron chi connectivity index (χ1n) is 6.25. The number of hydrogen-bond acceptors (Lipinski definition) is 4. The van der Waals surface area contributed by atoms with E-state index >= 15 is 0 Å². The zero-order valence-electron chi connectivity index (χ0n) is 11.6. The van der Waals surface area contributed by atoms with Crippen LogP contribution in [0.25, 0.3) is 0 Å². The highest BCUT2D eigenvalue weighted by Crippen LogP contribution is 2.32. The summed E-state index contributed by atoms with van der Waals surface area (Å²) in [6.07, 6.45) is -1.23. The van der Waals surface area contributed by atoms with Crippen molar-refractivity contribution in [3.8, 4) is 0 Å². The van der Waals surface area contributed by atoms with Gasteiger partial charge in [0, 0.05) is 6.20 Å². The van der Waals surface area contributed by atoms with E-state index in [0.29, 0.717) is 16.8 Å². The number of nitrogens with zero attached hydrogens (tertiary/aromatic N) is 2. The second kappa shape index (κ2) is 5.79. The molecule has 21 heavy (non-hydrogen) atoms. The summed E-state index contributed by atoms with van der Waals surface area (Å²) >= 11 is 0. The van der Waals surface area contributed by atoms with Crippen LogP contribution < -0.4 is 11.3 Å². The first-order chi connectivity index (χ1) is 9.82. The molecule has 0 radical (unpaired) electrons. The molecule has 0 saturated heterocycles. The van der Waals surface area contributed by atoms with E-state index in [-0.39, 0.29) is 0 Å². The molecule has 2 aromatic rings. The lowest BCUT2D eigenvalue weighted by atomic mass is 9.97. The van der Waals surface area contributed by atoms with E-state index in [2.05, 4.69) is 15.4 Å². The van der Waals surface area contributed by atoms with Crippen molar-refractivity contribution in [2.75, 3.05) is 0 Å². The largest absolute Gasteiger partial charge is 0.416 e. The maximum Gasteiger partial charge on any atom is 0.416 e. The van der Waals surface area contributed by atoms with E-state index in [1.165, 1.54) is 6.07 Å². The van der Waals surface area contributed by atoms with Gasteiger partial charge in [0.05, 0.1) is 29.2 Å². The molecular formula is C14H15F3N4. The van der Waals surface area contributed by atoms with Crippen LogP contribution in [0.15, 0.2) is 30.6 Å². The molecule has 3 N–H and O–H groups in total. The average Bonchev–Trinajstić information content (AvgIpc) is 2.42. The summed E-state index contributed by atoms with van der Waals surface area (Å²) in [5, 5.41) is 0. The van der Waals surface area contributed by atoms with Crippen molar-refractivity contribution in [3.63, 3.8) is 0 Å². The predicted octanol–water partition coefficient (Wildman–Crippen LogP) is 2.66. The number of alkyl halides is 3. The third-order valence-corrected chi connectivity index (χ3v) is 3.17. The second-order valence-corrected chi connectivity index (χ2v) is 4.75. The third kappa shape index (κ3) is 3.37. The molecule has 1 heterocycles. The smallest absolute Gasteiger partial charge is 0.271 e. The second-order valence-electron chi connectivity index (χ2n) is 4.75. The molecule has 1 atom stereocenters. The van der Waals surface area contributed by atoms with Gasteiger partial charge in [0.25, 0.3) is 0 Å². The molecule has 0 spiro atoms. The number of halogens is 3. The monoisotopic (exact) mass is 296 g/mol. The molecule has 0 saturated carbocycles. The molecule has 1 aromatic heterocycles. The van der Waals surface area contributed by atoms with Crippen molar-refractivity contribution in [3.05, 3.63) is 58.7 Å². The Bertz CT molecular complexity index is 623. The Hall–Kier alpha value is -1.99. The number of benzene rings is 1. The normalized spacial score (nSPS) is 13.2. The summed E-state index contributed by atoms with van der Waals surface area (Å²) in [6, 6.07) is 3.03. The number of aromatic nitrogens is 2. The first kappa shape index (κ1) is 15.4. The minimum atomic E-state index is -4.36. The Morgan fingerprint density at radius 2 is 1.86 bits per heavy atom. The van der Waals surface area contributed by atoms with E-state index in [1.807, 2.05) is 0 Å². The van der Waals surface area contributed by atoms with Crippen LogP contribution in [0, 0.1) is 13.8 Å². The van der Waals surface area contributed by atoms with Gasteiger partial charge in [0.15, 0.2) is 0 Å². The van der Waals surface area contributed by atoms with Gasteiger partial charge in [0.2, 0.25) is 0 Å². The summed E-state index contributed by atoms with van der Waals surface area (Å²) in [6.45, 7) is 3.40. The molecule has 2 rings (SSSR count). The first-order valence-corrected chi connectivity index (χ1v) is 6.25. The lowest BCUT2D eigenvalue weighted by molar-refractivity contribution is -0.137. The van der Waals surface area contributed by atoms with Crippen LogP contribution in [0.3, 0.4) is 0 Å². The third-order valence-electron chi connectivity index (χ3n) is 3.17. The molecule has 1 aromatic carbocycles. The Balaban J connectivity index is 2.41. The van der Waals surface area contributed by atoms with E-state index in [1.54, 1.807) is 26.2 Å². The molecule has 0 fully saturated rings. The van der Waals surface area contributed by atoms with Gasteiger partial charge >= 0.3 is 6.18 Å². The molecular weight excluding hydrogens is 281 g/mol. The van der Waals surface area contributed by atoms with Crippen LogP contribution in [0.4, 0.5) is 13.2 Å². The van der Waals surface area contributed by atoms with Gasteiger partial charge in [-0.25, -0.2) is 5.43 Å². The highest BCUT2D eigenvalue weighted by Gasteiger charge is 2.31. The zero-order chi connectivity index (χ0) is 15.6. The van der Waals surface area contributed by atoms with E-state index < -0.39 is 17.8 Å². The van der Waals surface area contributed by atoms with Gasteiger partial charge in [-0.15, -0.1) is 0 Å². The maximum atomic E-state index is 12.7. The number of rotatable bonds is 3. The van der Waals surface area contributed by atoms with Gasteiger partial charge in [-0.2, -0.15) is 13.2 Å². The lowest BCUT2D eigenvalue weighted by Gasteiger charge is -2.19. The highest BCUT2D eigenvalue weighted by molar-refractivity contribution is 5.37. The van der Waals surface area contributed by atoms with Gasteiger partial charge in [-0.1, -0.05) is 6.07 Å². The standard InChI is InChI=1S/C14H15F3N4/c1-8-5-10(14(15,16)17)3-4-11(8)13(21-18)12-7-19-9(2)6-20-12/h3-7,13,21H,18H2,1-2H3. The molecule has 0 aliphatic rings. The molecule has 0 aliphatic carbocycles. The lowest BCUT2D eigenvalue weighted by Crippen LogP contribution is -2.30. The fraction of sp³-hybridized carbons (Fsp3) is 0.286. The molecule has 0 amide bonds. The number of hydrazine groups is 1. The Morgan fingerprint density at radius 1 is 1.14 bits per heavy atom. The van der Waals surface area contributed by atoms with E-state index in [4.69, 9.17) is 5.84 Å². The van der Waals surface area contributed by atoms with Crippen LogP contribution in [-0.4, -0.2) is 9.97 Å². The van der Waals surface area contributed by atoms with Gasteiger partial charge in [-0.05, 0) is 37.1 Å². The fourth-order valence-electron chi connectivity index (χ4n) is 2.06. The number of aryl methyl sites for hydroxylation is 2. The number of nitrogens with two attached hydrogens (primary N) is 1. The van der Waals surface area contributed by atoms with Crippen molar-refractivity contribution < 1.29 is 13.2 Å². The minimum Gasteiger partial charge on any atom is -0.271 e.